The van der Waals surface area contributed by atoms with Crippen molar-refractivity contribution in [3.63, 3.8) is 0 Å². The summed E-state index contributed by atoms with van der Waals surface area (Å²) in [6.45, 7) is 2.73. The lowest BCUT2D eigenvalue weighted by Crippen LogP contribution is -2.35. The lowest BCUT2D eigenvalue weighted by atomic mass is 9.96. The smallest absolute Gasteiger partial charge is 0.251 e. The van der Waals surface area contributed by atoms with Gasteiger partial charge in [-0.3, -0.25) is 4.79 Å². The highest BCUT2D eigenvalue weighted by molar-refractivity contribution is 6.29. The summed E-state index contributed by atoms with van der Waals surface area (Å²) >= 11 is 5.99. The fourth-order valence-corrected chi connectivity index (χ4v) is 2.98. The number of anilines is 1. The summed E-state index contributed by atoms with van der Waals surface area (Å²) in [5.74, 6) is 0.594. The molecule has 0 unspecified atom stereocenters. The van der Waals surface area contributed by atoms with Crippen LogP contribution < -0.4 is 10.6 Å². The maximum atomic E-state index is 12.4. The summed E-state index contributed by atoms with van der Waals surface area (Å²) in [7, 11) is 0. The van der Waals surface area contributed by atoms with E-state index in [9.17, 15) is 4.79 Å². The molecule has 1 aliphatic carbocycles. The molecule has 1 fully saturated rings. The van der Waals surface area contributed by atoms with E-state index in [0.29, 0.717) is 16.5 Å². The SMILES string of the molecule is CCNc1cc(C(=O)NC2CCCCCCC2)cc(Cl)n1. The van der Waals surface area contributed by atoms with Crippen molar-refractivity contribution in [3.05, 3.63) is 22.8 Å². The summed E-state index contributed by atoms with van der Waals surface area (Å²) in [6.07, 6.45) is 8.42. The predicted molar refractivity (Wildman–Crippen MR) is 87.0 cm³/mol. The first-order valence-electron chi connectivity index (χ1n) is 7.91. The highest BCUT2D eigenvalue weighted by Crippen LogP contribution is 2.19. The number of nitrogens with one attached hydrogen (secondary N) is 2. The van der Waals surface area contributed by atoms with Gasteiger partial charge in [-0.2, -0.15) is 0 Å². The van der Waals surface area contributed by atoms with E-state index in [1.165, 1.54) is 32.1 Å². The number of hydrogen-bond acceptors (Lipinski definition) is 3. The Morgan fingerprint density at radius 3 is 2.57 bits per heavy atom. The van der Waals surface area contributed by atoms with Crippen LogP contribution in [0.5, 0.6) is 0 Å². The van der Waals surface area contributed by atoms with Crippen LogP contribution in [0.1, 0.15) is 62.2 Å². The number of nitrogens with zero attached hydrogens (tertiary/aromatic N) is 1. The van der Waals surface area contributed by atoms with Crippen molar-refractivity contribution in [1.29, 1.82) is 0 Å². The molecule has 0 atom stereocenters. The Morgan fingerprint density at radius 2 is 1.90 bits per heavy atom. The van der Waals surface area contributed by atoms with Gasteiger partial charge in [-0.25, -0.2) is 4.98 Å². The predicted octanol–water partition coefficient (Wildman–Crippen LogP) is 4.01. The van der Waals surface area contributed by atoms with Crippen molar-refractivity contribution in [3.8, 4) is 0 Å². The molecular formula is C16H24ClN3O. The van der Waals surface area contributed by atoms with Crippen molar-refractivity contribution >= 4 is 23.3 Å². The third-order valence-corrected chi connectivity index (χ3v) is 4.05. The first-order chi connectivity index (χ1) is 10.2. The highest BCUT2D eigenvalue weighted by Gasteiger charge is 2.16. The van der Waals surface area contributed by atoms with Crippen molar-refractivity contribution in [1.82, 2.24) is 10.3 Å². The second-order valence-corrected chi connectivity index (χ2v) is 6.00. The van der Waals surface area contributed by atoms with Crippen LogP contribution >= 0.6 is 11.6 Å². The minimum absolute atomic E-state index is 0.0518. The third-order valence-electron chi connectivity index (χ3n) is 3.85. The van der Waals surface area contributed by atoms with E-state index < -0.39 is 0 Å². The van der Waals surface area contributed by atoms with Crippen molar-refractivity contribution in [2.75, 3.05) is 11.9 Å². The molecule has 1 heterocycles. The van der Waals surface area contributed by atoms with Crippen LogP contribution in [0.25, 0.3) is 0 Å². The number of aromatic nitrogens is 1. The molecule has 1 saturated carbocycles. The molecule has 21 heavy (non-hydrogen) atoms. The molecule has 1 aliphatic rings. The summed E-state index contributed by atoms with van der Waals surface area (Å²) in [5.41, 5.74) is 0.577. The van der Waals surface area contributed by atoms with Gasteiger partial charge < -0.3 is 10.6 Å². The maximum absolute atomic E-state index is 12.4. The fraction of sp³-hybridized carbons (Fsp3) is 0.625. The normalized spacial score (nSPS) is 16.9. The summed E-state index contributed by atoms with van der Waals surface area (Å²) < 4.78 is 0. The summed E-state index contributed by atoms with van der Waals surface area (Å²) in [4.78, 5) is 16.5. The monoisotopic (exact) mass is 309 g/mol. The van der Waals surface area contributed by atoms with E-state index in [1.54, 1.807) is 12.1 Å². The molecule has 2 N–H and O–H groups in total. The number of amides is 1. The second-order valence-electron chi connectivity index (χ2n) is 5.61. The minimum Gasteiger partial charge on any atom is -0.370 e. The number of carbonyl (C=O) groups is 1. The van der Waals surface area contributed by atoms with Crippen LogP contribution in [0.3, 0.4) is 0 Å². The van der Waals surface area contributed by atoms with Crippen LogP contribution in [0, 0.1) is 0 Å². The van der Waals surface area contributed by atoms with E-state index in [0.717, 1.165) is 19.4 Å². The zero-order chi connectivity index (χ0) is 15.1. The lowest BCUT2D eigenvalue weighted by Gasteiger charge is -2.21. The molecule has 5 heteroatoms. The number of rotatable bonds is 4. The van der Waals surface area contributed by atoms with Gasteiger partial charge in [-0.1, -0.05) is 43.7 Å². The Morgan fingerprint density at radius 1 is 1.24 bits per heavy atom. The van der Waals surface area contributed by atoms with Gasteiger partial charge >= 0.3 is 0 Å². The zero-order valence-corrected chi connectivity index (χ0v) is 13.4. The largest absolute Gasteiger partial charge is 0.370 e. The Hall–Kier alpha value is -1.29. The van der Waals surface area contributed by atoms with Gasteiger partial charge in [0.25, 0.3) is 5.91 Å². The van der Waals surface area contributed by atoms with E-state index in [2.05, 4.69) is 15.6 Å². The third kappa shape index (κ3) is 5.20. The van der Waals surface area contributed by atoms with Crippen LogP contribution in [0.4, 0.5) is 5.82 Å². The van der Waals surface area contributed by atoms with Crippen LogP contribution in [-0.4, -0.2) is 23.5 Å². The van der Waals surface area contributed by atoms with Crippen molar-refractivity contribution < 1.29 is 4.79 Å². The van der Waals surface area contributed by atoms with E-state index >= 15 is 0 Å². The van der Waals surface area contributed by atoms with Crippen molar-refractivity contribution in [2.24, 2.45) is 0 Å². The highest BCUT2D eigenvalue weighted by atomic mass is 35.5. The topological polar surface area (TPSA) is 54.0 Å². The standard InChI is InChI=1S/C16H24ClN3O/c1-2-18-15-11-12(10-14(17)20-15)16(21)19-13-8-6-4-3-5-7-9-13/h10-11,13H,2-9H2,1H3,(H,18,20)(H,19,21). The number of pyridine rings is 1. The van der Waals surface area contributed by atoms with Gasteiger partial charge in [-0.15, -0.1) is 0 Å². The molecule has 0 aliphatic heterocycles. The molecule has 0 saturated heterocycles. The van der Waals surface area contributed by atoms with Gasteiger partial charge in [0.2, 0.25) is 0 Å². The van der Waals surface area contributed by atoms with Gasteiger partial charge in [0.05, 0.1) is 0 Å². The molecule has 4 nitrogen and oxygen atoms in total. The average Bonchev–Trinajstić information content (AvgIpc) is 2.41. The van der Waals surface area contributed by atoms with E-state index in [1.807, 2.05) is 6.92 Å². The molecule has 0 bridgehead atoms. The molecular weight excluding hydrogens is 286 g/mol. The lowest BCUT2D eigenvalue weighted by molar-refractivity contribution is 0.0930. The molecule has 1 aromatic rings. The van der Waals surface area contributed by atoms with Gasteiger partial charge in [0, 0.05) is 18.2 Å². The first kappa shape index (κ1) is 16.1. The number of hydrogen-bond donors (Lipinski definition) is 2. The quantitative estimate of drug-likeness (QED) is 0.826. The van der Waals surface area contributed by atoms with Crippen LogP contribution in [-0.2, 0) is 0 Å². The van der Waals surface area contributed by atoms with Gasteiger partial charge in [0.15, 0.2) is 0 Å². The fourth-order valence-electron chi connectivity index (χ4n) is 2.77. The molecule has 0 radical (unpaired) electrons. The van der Waals surface area contributed by atoms with Gasteiger partial charge in [0.1, 0.15) is 11.0 Å². The van der Waals surface area contributed by atoms with Crippen LogP contribution in [0.15, 0.2) is 12.1 Å². The molecule has 0 spiro atoms. The summed E-state index contributed by atoms with van der Waals surface area (Å²) in [5, 5.41) is 6.58. The molecule has 2 rings (SSSR count). The Bertz CT molecular complexity index is 471. The van der Waals surface area contributed by atoms with Crippen LogP contribution in [0.2, 0.25) is 5.15 Å². The zero-order valence-electron chi connectivity index (χ0n) is 12.6. The number of carbonyl (C=O) groups excluding carboxylic acids is 1. The summed E-state index contributed by atoms with van der Waals surface area (Å²) in [6, 6.07) is 3.67. The molecule has 1 aromatic heterocycles. The Balaban J connectivity index is 2.01. The van der Waals surface area contributed by atoms with Gasteiger partial charge in [-0.05, 0) is 31.9 Å². The second kappa shape index (κ2) is 8.23. The minimum atomic E-state index is -0.0518. The average molecular weight is 310 g/mol. The maximum Gasteiger partial charge on any atom is 0.251 e. The van der Waals surface area contributed by atoms with Crippen molar-refractivity contribution in [2.45, 2.75) is 57.9 Å². The molecule has 116 valence electrons. The molecule has 1 amide bonds. The number of halogens is 1. The van der Waals surface area contributed by atoms with E-state index in [-0.39, 0.29) is 11.9 Å². The molecule has 0 aromatic carbocycles. The first-order valence-corrected chi connectivity index (χ1v) is 8.29. The van der Waals surface area contributed by atoms with E-state index in [4.69, 9.17) is 11.6 Å². The Labute approximate surface area is 131 Å². The Kier molecular flexibility index (Phi) is 6.30.